The van der Waals surface area contributed by atoms with Gasteiger partial charge in [-0.3, -0.25) is 4.98 Å². The van der Waals surface area contributed by atoms with Crippen molar-refractivity contribution in [3.63, 3.8) is 0 Å². The molecule has 7 nitrogen and oxygen atoms in total. The zero-order valence-corrected chi connectivity index (χ0v) is 18.3. The molecular weight excluding hydrogens is 398 g/mol. The second-order valence-electron chi connectivity index (χ2n) is 8.62. The number of pyridine rings is 1. The molecule has 1 fully saturated rings. The monoisotopic (exact) mass is 425 g/mol. The van der Waals surface area contributed by atoms with Crippen LogP contribution in [0.5, 0.6) is 0 Å². The van der Waals surface area contributed by atoms with Gasteiger partial charge in [-0.05, 0) is 25.8 Å². The van der Waals surface area contributed by atoms with Gasteiger partial charge in [-0.25, -0.2) is 22.7 Å². The second kappa shape index (κ2) is 7.42. The van der Waals surface area contributed by atoms with Crippen molar-refractivity contribution in [1.82, 2.24) is 19.3 Å². The molecule has 8 heteroatoms. The minimum Gasteiger partial charge on any atom is -0.363 e. The maximum Gasteiger partial charge on any atom is 0.211 e. The van der Waals surface area contributed by atoms with E-state index in [4.69, 9.17) is 0 Å². The van der Waals surface area contributed by atoms with Crippen LogP contribution in [0.2, 0.25) is 0 Å². The Morgan fingerprint density at radius 1 is 1.17 bits per heavy atom. The molecule has 158 valence electrons. The molecule has 0 bridgehead atoms. The third-order valence-corrected chi connectivity index (χ3v) is 7.88. The summed E-state index contributed by atoms with van der Waals surface area (Å²) < 4.78 is 25.8. The Morgan fingerprint density at radius 3 is 2.87 bits per heavy atom. The standard InChI is InChI=1S/C22H27N5O2S/c1-15-11-20-18(13-27(15)21-8-9-23-19-7-3-6-17(19)21)22(25-14-24-20)16-5-4-10-26(12-16)30(2,28)29/h3,6,8-9,14-16H,4-5,7,10-13H2,1-2H3/t15-,16+/m1/s1. The number of fused-ring (bicyclic) bond motifs is 2. The minimum atomic E-state index is -3.19. The first kappa shape index (κ1) is 19.6. The summed E-state index contributed by atoms with van der Waals surface area (Å²) in [5.41, 5.74) is 6.85. The Bertz CT molecular complexity index is 1110. The van der Waals surface area contributed by atoms with Crippen LogP contribution >= 0.6 is 0 Å². The maximum absolute atomic E-state index is 12.1. The van der Waals surface area contributed by atoms with Gasteiger partial charge in [0.25, 0.3) is 0 Å². The zero-order chi connectivity index (χ0) is 20.9. The lowest BCUT2D eigenvalue weighted by Gasteiger charge is -2.39. The van der Waals surface area contributed by atoms with Gasteiger partial charge in [0.15, 0.2) is 0 Å². The van der Waals surface area contributed by atoms with E-state index in [1.807, 2.05) is 6.20 Å². The van der Waals surface area contributed by atoms with Crippen molar-refractivity contribution in [3.8, 4) is 0 Å². The Kier molecular flexibility index (Phi) is 4.86. The Hall–Kier alpha value is -2.32. The lowest BCUT2D eigenvalue weighted by molar-refractivity contribution is 0.312. The largest absolute Gasteiger partial charge is 0.363 e. The van der Waals surface area contributed by atoms with Gasteiger partial charge in [0.1, 0.15) is 6.33 Å². The van der Waals surface area contributed by atoms with Gasteiger partial charge in [0.05, 0.1) is 23.3 Å². The molecule has 1 aliphatic carbocycles. The van der Waals surface area contributed by atoms with Gasteiger partial charge in [0, 0.05) is 67.4 Å². The number of sulfonamides is 1. The fourth-order valence-electron chi connectivity index (χ4n) is 5.06. The van der Waals surface area contributed by atoms with Crippen molar-refractivity contribution < 1.29 is 8.42 Å². The number of hydrogen-bond acceptors (Lipinski definition) is 6. The molecule has 2 atom stereocenters. The van der Waals surface area contributed by atoms with Gasteiger partial charge >= 0.3 is 0 Å². The topological polar surface area (TPSA) is 79.3 Å². The predicted molar refractivity (Wildman–Crippen MR) is 117 cm³/mol. The van der Waals surface area contributed by atoms with Crippen LogP contribution in [0.1, 0.15) is 53.9 Å². The van der Waals surface area contributed by atoms with Crippen molar-refractivity contribution in [1.29, 1.82) is 0 Å². The van der Waals surface area contributed by atoms with Crippen molar-refractivity contribution in [3.05, 3.63) is 52.9 Å². The van der Waals surface area contributed by atoms with Crippen LogP contribution in [0, 0.1) is 0 Å². The number of aromatic nitrogens is 3. The zero-order valence-electron chi connectivity index (χ0n) is 17.5. The quantitative estimate of drug-likeness (QED) is 0.752. The van der Waals surface area contributed by atoms with E-state index in [-0.39, 0.29) is 5.92 Å². The number of allylic oxidation sites excluding steroid dienone is 1. The van der Waals surface area contributed by atoms with Crippen LogP contribution in [-0.2, 0) is 29.4 Å². The molecule has 1 saturated heterocycles. The molecule has 4 heterocycles. The van der Waals surface area contributed by atoms with Crippen LogP contribution in [0.15, 0.2) is 24.7 Å². The van der Waals surface area contributed by atoms with E-state index in [1.165, 1.54) is 23.1 Å². The van der Waals surface area contributed by atoms with Crippen molar-refractivity contribution in [2.45, 2.75) is 51.1 Å². The molecule has 2 aromatic heterocycles. The fraction of sp³-hybridized carbons (Fsp3) is 0.500. The first-order valence-corrected chi connectivity index (χ1v) is 12.5. The molecule has 0 aromatic carbocycles. The summed E-state index contributed by atoms with van der Waals surface area (Å²) in [6, 6.07) is 2.42. The van der Waals surface area contributed by atoms with E-state index >= 15 is 0 Å². The van der Waals surface area contributed by atoms with E-state index in [2.05, 4.69) is 45.0 Å². The van der Waals surface area contributed by atoms with Crippen molar-refractivity contribution >= 4 is 21.8 Å². The van der Waals surface area contributed by atoms with E-state index in [0.717, 1.165) is 49.3 Å². The van der Waals surface area contributed by atoms with E-state index in [9.17, 15) is 8.42 Å². The second-order valence-corrected chi connectivity index (χ2v) is 10.6. The highest BCUT2D eigenvalue weighted by Gasteiger charge is 2.33. The summed E-state index contributed by atoms with van der Waals surface area (Å²) in [5, 5.41) is 0. The smallest absolute Gasteiger partial charge is 0.211 e. The summed E-state index contributed by atoms with van der Waals surface area (Å²) in [4.78, 5) is 16.2. The first-order chi connectivity index (χ1) is 14.4. The molecule has 0 radical (unpaired) electrons. The van der Waals surface area contributed by atoms with Gasteiger partial charge < -0.3 is 4.90 Å². The first-order valence-electron chi connectivity index (χ1n) is 10.6. The van der Waals surface area contributed by atoms with Crippen LogP contribution in [0.25, 0.3) is 6.08 Å². The summed E-state index contributed by atoms with van der Waals surface area (Å²) in [7, 11) is -3.19. The average molecular weight is 426 g/mol. The van der Waals surface area contributed by atoms with E-state index in [1.54, 1.807) is 10.6 Å². The van der Waals surface area contributed by atoms with Gasteiger partial charge in [-0.2, -0.15) is 0 Å². The Balaban J connectivity index is 1.50. The SMILES string of the molecule is C[C@@H]1Cc2ncnc([C@H]3CCCN(S(C)(=O)=O)C3)c2CN1c1ccnc2c1C=CC2. The fourth-order valence-corrected chi connectivity index (χ4v) is 5.97. The Morgan fingerprint density at radius 2 is 2.03 bits per heavy atom. The third kappa shape index (κ3) is 3.41. The van der Waals surface area contributed by atoms with Crippen LogP contribution in [0.3, 0.4) is 0 Å². The Labute approximate surface area is 177 Å². The number of anilines is 1. The molecule has 0 amide bonds. The highest BCUT2D eigenvalue weighted by atomic mass is 32.2. The number of piperidine rings is 1. The minimum absolute atomic E-state index is 0.114. The molecule has 0 N–H and O–H groups in total. The summed E-state index contributed by atoms with van der Waals surface area (Å²) >= 11 is 0. The lowest BCUT2D eigenvalue weighted by atomic mass is 9.88. The van der Waals surface area contributed by atoms with Gasteiger partial charge in [-0.1, -0.05) is 12.2 Å². The van der Waals surface area contributed by atoms with Gasteiger partial charge in [0.2, 0.25) is 10.0 Å². The van der Waals surface area contributed by atoms with Crippen molar-refractivity contribution in [2.75, 3.05) is 24.2 Å². The normalized spacial score (nSPS) is 24.0. The molecule has 5 rings (SSSR count). The molecule has 2 aromatic rings. The highest BCUT2D eigenvalue weighted by molar-refractivity contribution is 7.88. The number of nitrogens with zero attached hydrogens (tertiary/aromatic N) is 5. The van der Waals surface area contributed by atoms with Crippen LogP contribution in [0.4, 0.5) is 5.69 Å². The van der Waals surface area contributed by atoms with E-state index < -0.39 is 10.0 Å². The summed E-state index contributed by atoms with van der Waals surface area (Å²) in [6.45, 7) is 4.08. The molecule has 30 heavy (non-hydrogen) atoms. The maximum atomic E-state index is 12.1. The molecular formula is C22H27N5O2S. The number of rotatable bonds is 3. The lowest BCUT2D eigenvalue weighted by Crippen LogP contribution is -2.42. The molecule has 2 aliphatic heterocycles. The highest BCUT2D eigenvalue weighted by Crippen LogP contribution is 2.37. The van der Waals surface area contributed by atoms with Gasteiger partial charge in [-0.15, -0.1) is 0 Å². The average Bonchev–Trinajstić information content (AvgIpc) is 3.21. The van der Waals surface area contributed by atoms with Crippen LogP contribution < -0.4 is 4.90 Å². The summed E-state index contributed by atoms with van der Waals surface area (Å²) in [5.74, 6) is 0.114. The van der Waals surface area contributed by atoms with E-state index in [0.29, 0.717) is 19.1 Å². The number of hydrogen-bond donors (Lipinski definition) is 0. The molecule has 3 aliphatic rings. The molecule has 0 unspecified atom stereocenters. The molecule has 0 spiro atoms. The summed E-state index contributed by atoms with van der Waals surface area (Å²) in [6.07, 6.45) is 12.8. The van der Waals surface area contributed by atoms with Crippen molar-refractivity contribution in [2.24, 2.45) is 0 Å². The van der Waals surface area contributed by atoms with Crippen LogP contribution in [-0.4, -0.2) is 53.1 Å². The third-order valence-electron chi connectivity index (χ3n) is 6.61. The predicted octanol–water partition coefficient (Wildman–Crippen LogP) is 2.53. The molecule has 0 saturated carbocycles.